The molecule has 2 saturated heterocycles. The predicted molar refractivity (Wildman–Crippen MR) is 220 cm³/mol. The summed E-state index contributed by atoms with van der Waals surface area (Å²) in [6.07, 6.45) is 5.60. The summed E-state index contributed by atoms with van der Waals surface area (Å²) in [6, 6.07) is 28.4. The van der Waals surface area contributed by atoms with Crippen molar-refractivity contribution in [2.45, 2.75) is 53.6 Å². The Balaban J connectivity index is 0.000000208. The highest BCUT2D eigenvalue weighted by atomic mass is 16.2. The fraction of sp³-hybridized carbons (Fsp3) is 0.455. The van der Waals surface area contributed by atoms with Gasteiger partial charge in [0.25, 0.3) is 11.8 Å². The summed E-state index contributed by atoms with van der Waals surface area (Å²) >= 11 is 0. The van der Waals surface area contributed by atoms with Crippen LogP contribution in [0.2, 0.25) is 0 Å². The monoisotopic (exact) mass is 732 g/mol. The smallest absolute Gasteiger partial charge is 0.257 e. The molecule has 0 atom stereocenters. The molecule has 0 spiro atoms. The van der Waals surface area contributed by atoms with Crippen LogP contribution in [0.15, 0.2) is 97.3 Å². The zero-order chi connectivity index (χ0) is 38.1. The van der Waals surface area contributed by atoms with E-state index in [2.05, 4.69) is 107 Å². The summed E-state index contributed by atoms with van der Waals surface area (Å²) in [5, 5.41) is 6.67. The van der Waals surface area contributed by atoms with Crippen LogP contribution in [0.4, 0.5) is 11.6 Å². The first-order valence-electron chi connectivity index (χ1n) is 19.8. The van der Waals surface area contributed by atoms with E-state index >= 15 is 0 Å². The minimum Gasteiger partial charge on any atom is -0.369 e. The number of amides is 2. The number of piperazine rings is 2. The van der Waals surface area contributed by atoms with Crippen LogP contribution >= 0.6 is 0 Å². The molecule has 4 heterocycles. The van der Waals surface area contributed by atoms with Gasteiger partial charge in [-0.05, 0) is 60.1 Å². The van der Waals surface area contributed by atoms with Crippen LogP contribution in [0.25, 0.3) is 0 Å². The molecule has 0 radical (unpaired) electrons. The minimum absolute atomic E-state index is 0.0782. The first-order valence-corrected chi connectivity index (χ1v) is 19.8. The van der Waals surface area contributed by atoms with Gasteiger partial charge >= 0.3 is 0 Å². The highest BCUT2D eigenvalue weighted by Gasteiger charge is 2.25. The number of rotatable bonds is 14. The average molecular weight is 733 g/mol. The maximum atomic E-state index is 13.0. The van der Waals surface area contributed by atoms with Crippen molar-refractivity contribution in [2.24, 2.45) is 11.8 Å². The van der Waals surface area contributed by atoms with Gasteiger partial charge in [-0.15, -0.1) is 0 Å². The maximum Gasteiger partial charge on any atom is 0.257 e. The molecule has 0 aliphatic carbocycles. The zero-order valence-electron chi connectivity index (χ0n) is 32.8. The summed E-state index contributed by atoms with van der Waals surface area (Å²) in [5.74, 6) is 2.81. The summed E-state index contributed by atoms with van der Waals surface area (Å²) in [5.41, 5.74) is 4.00. The van der Waals surface area contributed by atoms with Crippen LogP contribution in [-0.4, -0.2) is 107 Å². The molecule has 2 N–H and O–H groups in total. The fourth-order valence-corrected chi connectivity index (χ4v) is 6.64. The Morgan fingerprint density at radius 3 is 1.26 bits per heavy atom. The Bertz CT molecular complexity index is 1580. The van der Waals surface area contributed by atoms with Crippen LogP contribution in [0.1, 0.15) is 72.4 Å². The van der Waals surface area contributed by atoms with E-state index in [0.717, 1.165) is 91.4 Å². The van der Waals surface area contributed by atoms with E-state index in [1.54, 1.807) is 12.4 Å². The van der Waals surface area contributed by atoms with E-state index in [-0.39, 0.29) is 11.8 Å². The highest BCUT2D eigenvalue weighted by Crippen LogP contribution is 2.19. The molecule has 2 amide bonds. The number of carbonyl (C=O) groups excluding carboxylic acids is 2. The van der Waals surface area contributed by atoms with E-state index in [0.29, 0.717) is 34.6 Å². The highest BCUT2D eigenvalue weighted by molar-refractivity contribution is 5.99. The van der Waals surface area contributed by atoms with Gasteiger partial charge in [0.05, 0.1) is 11.1 Å². The van der Waals surface area contributed by atoms with E-state index in [9.17, 15) is 9.59 Å². The number of anilines is 2. The molecule has 4 aromatic rings. The Kier molecular flexibility index (Phi) is 15.8. The summed E-state index contributed by atoms with van der Waals surface area (Å²) in [6.45, 7) is 19.0. The van der Waals surface area contributed by atoms with Crippen molar-refractivity contribution < 1.29 is 9.59 Å². The van der Waals surface area contributed by atoms with Crippen molar-refractivity contribution in [1.29, 1.82) is 0 Å². The van der Waals surface area contributed by atoms with E-state index in [4.69, 9.17) is 0 Å². The molecule has 0 unspecified atom stereocenters. The molecule has 2 aromatic heterocycles. The number of aromatic nitrogens is 2. The minimum atomic E-state index is 0.0782. The predicted octanol–water partition coefficient (Wildman–Crippen LogP) is 7.00. The van der Waals surface area contributed by atoms with Gasteiger partial charge in [0.2, 0.25) is 0 Å². The van der Waals surface area contributed by atoms with Crippen LogP contribution in [0.5, 0.6) is 0 Å². The number of benzene rings is 2. The third kappa shape index (κ3) is 12.7. The zero-order valence-corrected chi connectivity index (χ0v) is 32.8. The van der Waals surface area contributed by atoms with Crippen LogP contribution in [0, 0.1) is 11.8 Å². The van der Waals surface area contributed by atoms with Gasteiger partial charge in [-0.25, -0.2) is 9.97 Å². The van der Waals surface area contributed by atoms with Gasteiger partial charge in [0.1, 0.15) is 11.6 Å². The van der Waals surface area contributed by atoms with Gasteiger partial charge in [-0.3, -0.25) is 19.4 Å². The molecular formula is C44H60N8O2. The molecule has 2 fully saturated rings. The number of hydrogen-bond donors (Lipinski definition) is 2. The molecule has 288 valence electrons. The van der Waals surface area contributed by atoms with Crippen molar-refractivity contribution in [3.63, 3.8) is 0 Å². The Labute approximate surface area is 323 Å². The number of nitrogens with one attached hydrogen (secondary N) is 2. The Morgan fingerprint density at radius 2 is 0.907 bits per heavy atom. The topological polar surface area (TPSA) is 96.9 Å². The summed E-state index contributed by atoms with van der Waals surface area (Å²) in [7, 11) is 0. The molecule has 10 nitrogen and oxygen atoms in total. The van der Waals surface area contributed by atoms with Crippen LogP contribution < -0.4 is 10.6 Å². The van der Waals surface area contributed by atoms with Gasteiger partial charge < -0.3 is 20.4 Å². The molecule has 2 aromatic carbocycles. The maximum absolute atomic E-state index is 13.0. The third-order valence-electron chi connectivity index (χ3n) is 9.92. The van der Waals surface area contributed by atoms with E-state index < -0.39 is 0 Å². The number of nitrogens with zero attached hydrogens (tertiary/aromatic N) is 6. The molecule has 10 heteroatoms. The lowest BCUT2D eigenvalue weighted by molar-refractivity contribution is 0.0622. The number of pyridine rings is 2. The SMILES string of the molecule is CC(C)CCNc1ncccc1C(=O)N1CCN(Cc2ccccc2)CC1.CC(C)CCNc1ncccc1C(=O)N1CCN(Cc2ccccc2)CC1. The van der Waals surface area contributed by atoms with Gasteiger partial charge in [0, 0.05) is 90.9 Å². The quantitative estimate of drug-likeness (QED) is 0.143. The lowest BCUT2D eigenvalue weighted by atomic mass is 10.1. The van der Waals surface area contributed by atoms with Gasteiger partial charge in [-0.1, -0.05) is 88.4 Å². The van der Waals surface area contributed by atoms with E-state index in [1.807, 2.05) is 46.2 Å². The molecule has 54 heavy (non-hydrogen) atoms. The Morgan fingerprint density at radius 1 is 0.537 bits per heavy atom. The van der Waals surface area contributed by atoms with Crippen LogP contribution in [0.3, 0.4) is 0 Å². The third-order valence-corrected chi connectivity index (χ3v) is 9.92. The molecule has 0 saturated carbocycles. The summed E-state index contributed by atoms with van der Waals surface area (Å²) < 4.78 is 0. The number of hydrogen-bond acceptors (Lipinski definition) is 8. The molecule has 6 rings (SSSR count). The molecule has 2 aliphatic heterocycles. The van der Waals surface area contributed by atoms with Gasteiger partial charge in [-0.2, -0.15) is 0 Å². The fourth-order valence-electron chi connectivity index (χ4n) is 6.64. The van der Waals surface area contributed by atoms with Crippen molar-refractivity contribution in [3.05, 3.63) is 120 Å². The first kappa shape index (κ1) is 40.4. The average Bonchev–Trinajstić information content (AvgIpc) is 3.19. The van der Waals surface area contributed by atoms with Crippen molar-refractivity contribution in [1.82, 2.24) is 29.6 Å². The second-order valence-electron chi connectivity index (χ2n) is 15.1. The van der Waals surface area contributed by atoms with Crippen molar-refractivity contribution >= 4 is 23.5 Å². The van der Waals surface area contributed by atoms with Crippen molar-refractivity contribution in [2.75, 3.05) is 76.1 Å². The largest absolute Gasteiger partial charge is 0.369 e. The lowest BCUT2D eigenvalue weighted by Crippen LogP contribution is -2.48. The second kappa shape index (κ2) is 21.2. The Hall–Kier alpha value is -4.80. The first-order chi connectivity index (χ1) is 26.3. The molecule has 0 bridgehead atoms. The van der Waals surface area contributed by atoms with E-state index in [1.165, 1.54) is 11.1 Å². The van der Waals surface area contributed by atoms with Crippen LogP contribution in [-0.2, 0) is 13.1 Å². The standard InChI is InChI=1S/2C22H30N4O/c2*1-18(2)10-12-24-21-20(9-6-11-23-21)22(27)26-15-13-25(14-16-26)17-19-7-4-3-5-8-19/h2*3-9,11,18H,10,12-17H2,1-2H3,(H,23,24). The second-order valence-corrected chi connectivity index (χ2v) is 15.1. The van der Waals surface area contributed by atoms with Crippen molar-refractivity contribution in [3.8, 4) is 0 Å². The molecule has 2 aliphatic rings. The number of carbonyl (C=O) groups is 2. The normalized spacial score (nSPS) is 15.1. The lowest BCUT2D eigenvalue weighted by Gasteiger charge is -2.35. The van der Waals surface area contributed by atoms with Gasteiger partial charge in [0.15, 0.2) is 0 Å². The molecular weight excluding hydrogens is 673 g/mol. The summed E-state index contributed by atoms with van der Waals surface area (Å²) in [4.78, 5) is 43.5.